The van der Waals surface area contributed by atoms with Gasteiger partial charge in [0.2, 0.25) is 5.91 Å². The number of aryl methyl sites for hydroxylation is 1. The number of anilines is 2. The van der Waals surface area contributed by atoms with Gasteiger partial charge in [0.15, 0.2) is 0 Å². The number of halogens is 1. The average Bonchev–Trinajstić information content (AvgIpc) is 3.24. The van der Waals surface area contributed by atoms with Crippen LogP contribution in [0.1, 0.15) is 24.0 Å². The molecule has 3 N–H and O–H groups in total. The van der Waals surface area contributed by atoms with Crippen LogP contribution in [0.4, 0.5) is 11.4 Å². The zero-order chi connectivity index (χ0) is 15.0. The molecule has 21 heavy (non-hydrogen) atoms. The summed E-state index contributed by atoms with van der Waals surface area (Å²) in [6.07, 6.45) is 1.74. The van der Waals surface area contributed by atoms with Crippen molar-refractivity contribution in [1.82, 2.24) is 0 Å². The summed E-state index contributed by atoms with van der Waals surface area (Å²) < 4.78 is 0. The molecule has 1 fully saturated rings. The highest BCUT2D eigenvalue weighted by Crippen LogP contribution is 2.49. The molecule has 2 aromatic carbocycles. The Labute approximate surface area is 129 Å². The number of benzene rings is 2. The third kappa shape index (κ3) is 2.61. The Morgan fingerprint density at radius 1 is 1.19 bits per heavy atom. The van der Waals surface area contributed by atoms with E-state index in [-0.39, 0.29) is 5.91 Å². The van der Waals surface area contributed by atoms with E-state index in [9.17, 15) is 4.79 Å². The smallest absolute Gasteiger partial charge is 0.235 e. The predicted octanol–water partition coefficient (Wildman–Crippen LogP) is 3.90. The molecule has 0 spiro atoms. The van der Waals surface area contributed by atoms with Crippen LogP contribution in [0.2, 0.25) is 5.02 Å². The van der Waals surface area contributed by atoms with Gasteiger partial charge in [-0.15, -0.1) is 0 Å². The molecule has 0 heterocycles. The molecule has 1 saturated carbocycles. The highest BCUT2D eigenvalue weighted by atomic mass is 35.5. The van der Waals surface area contributed by atoms with E-state index in [1.165, 1.54) is 0 Å². The fraction of sp³-hybridized carbons (Fsp3) is 0.235. The lowest BCUT2D eigenvalue weighted by Crippen LogP contribution is -2.28. The minimum atomic E-state index is -0.403. The number of nitrogen functional groups attached to an aromatic ring is 1. The second-order valence-corrected chi connectivity index (χ2v) is 6.05. The Balaban J connectivity index is 1.83. The van der Waals surface area contributed by atoms with E-state index >= 15 is 0 Å². The number of rotatable bonds is 3. The summed E-state index contributed by atoms with van der Waals surface area (Å²) in [5, 5.41) is 3.70. The van der Waals surface area contributed by atoms with E-state index < -0.39 is 5.41 Å². The Kier molecular flexibility index (Phi) is 3.38. The van der Waals surface area contributed by atoms with E-state index in [2.05, 4.69) is 5.32 Å². The molecular weight excluding hydrogens is 284 g/mol. The van der Waals surface area contributed by atoms with Gasteiger partial charge in [0.25, 0.3) is 0 Å². The van der Waals surface area contributed by atoms with Crippen molar-refractivity contribution in [2.24, 2.45) is 0 Å². The summed E-state index contributed by atoms with van der Waals surface area (Å²) in [5.74, 6) is 0.0395. The van der Waals surface area contributed by atoms with Gasteiger partial charge in [-0.25, -0.2) is 0 Å². The van der Waals surface area contributed by atoms with Gasteiger partial charge in [-0.1, -0.05) is 23.7 Å². The van der Waals surface area contributed by atoms with Gasteiger partial charge < -0.3 is 11.1 Å². The SMILES string of the molecule is Cc1cc(Cl)ccc1NC(=O)C1(c2ccc(N)cc2)CC1. The second kappa shape index (κ2) is 5.08. The average molecular weight is 301 g/mol. The maximum absolute atomic E-state index is 12.6. The second-order valence-electron chi connectivity index (χ2n) is 5.62. The van der Waals surface area contributed by atoms with Crippen LogP contribution in [0.3, 0.4) is 0 Å². The summed E-state index contributed by atoms with van der Waals surface area (Å²) >= 11 is 5.94. The first-order valence-corrected chi connectivity index (χ1v) is 7.33. The van der Waals surface area contributed by atoms with Crippen LogP contribution in [-0.4, -0.2) is 5.91 Å². The highest BCUT2D eigenvalue weighted by Gasteiger charge is 2.51. The summed E-state index contributed by atoms with van der Waals surface area (Å²) in [6, 6.07) is 13.0. The van der Waals surface area contributed by atoms with Gasteiger partial charge in [-0.3, -0.25) is 4.79 Å². The standard InChI is InChI=1S/C17H17ClN2O/c1-11-10-13(18)4-7-15(11)20-16(21)17(8-9-17)12-2-5-14(19)6-3-12/h2-7,10H,8-9,19H2,1H3,(H,20,21). The van der Waals surface area contributed by atoms with Gasteiger partial charge in [-0.05, 0) is 61.2 Å². The molecule has 0 atom stereocenters. The largest absolute Gasteiger partial charge is 0.399 e. The van der Waals surface area contributed by atoms with Crippen molar-refractivity contribution in [3.8, 4) is 0 Å². The highest BCUT2D eigenvalue weighted by molar-refractivity contribution is 6.30. The number of hydrogen-bond donors (Lipinski definition) is 2. The molecule has 108 valence electrons. The molecule has 0 aromatic heterocycles. The van der Waals surface area contributed by atoms with Crippen LogP contribution in [0.25, 0.3) is 0 Å². The predicted molar refractivity (Wildman–Crippen MR) is 86.6 cm³/mol. The van der Waals surface area contributed by atoms with E-state index in [0.717, 1.165) is 29.7 Å². The van der Waals surface area contributed by atoms with Crippen LogP contribution < -0.4 is 11.1 Å². The van der Waals surface area contributed by atoms with E-state index in [0.29, 0.717) is 10.7 Å². The maximum Gasteiger partial charge on any atom is 0.235 e. The minimum Gasteiger partial charge on any atom is -0.399 e. The number of carbonyl (C=O) groups is 1. The van der Waals surface area contributed by atoms with Gasteiger partial charge >= 0.3 is 0 Å². The third-order valence-corrected chi connectivity index (χ3v) is 4.32. The zero-order valence-corrected chi connectivity index (χ0v) is 12.6. The Hall–Kier alpha value is -2.00. The fourth-order valence-electron chi connectivity index (χ4n) is 2.58. The Morgan fingerprint density at radius 2 is 1.86 bits per heavy atom. The monoisotopic (exact) mass is 300 g/mol. The van der Waals surface area contributed by atoms with Crippen molar-refractivity contribution in [3.05, 3.63) is 58.6 Å². The molecule has 0 bridgehead atoms. The van der Waals surface area contributed by atoms with Crippen molar-refractivity contribution in [3.63, 3.8) is 0 Å². The molecular formula is C17H17ClN2O. The van der Waals surface area contributed by atoms with Gasteiger partial charge in [0.05, 0.1) is 5.41 Å². The zero-order valence-electron chi connectivity index (χ0n) is 11.8. The number of carbonyl (C=O) groups excluding carboxylic acids is 1. The van der Waals surface area contributed by atoms with Crippen LogP contribution >= 0.6 is 11.6 Å². The molecule has 3 nitrogen and oxygen atoms in total. The van der Waals surface area contributed by atoms with Crippen LogP contribution in [0.15, 0.2) is 42.5 Å². The molecule has 1 aliphatic carbocycles. The quantitative estimate of drug-likeness (QED) is 0.845. The molecule has 1 amide bonds. The first kappa shape index (κ1) is 14.0. The first-order valence-electron chi connectivity index (χ1n) is 6.95. The molecule has 0 radical (unpaired) electrons. The summed E-state index contributed by atoms with van der Waals surface area (Å²) in [7, 11) is 0. The maximum atomic E-state index is 12.6. The topological polar surface area (TPSA) is 55.1 Å². The molecule has 3 rings (SSSR count). The summed E-state index contributed by atoms with van der Waals surface area (Å²) in [4.78, 5) is 12.6. The Bertz CT molecular complexity index is 690. The molecule has 1 aliphatic rings. The van der Waals surface area contributed by atoms with Crippen LogP contribution in [-0.2, 0) is 10.2 Å². The minimum absolute atomic E-state index is 0.0395. The molecule has 4 heteroatoms. The summed E-state index contributed by atoms with van der Waals surface area (Å²) in [6.45, 7) is 1.93. The lowest BCUT2D eigenvalue weighted by molar-refractivity contribution is -0.118. The van der Waals surface area contributed by atoms with Gasteiger partial charge in [0, 0.05) is 16.4 Å². The first-order chi connectivity index (χ1) is 10.0. The molecule has 0 aliphatic heterocycles. The number of hydrogen-bond acceptors (Lipinski definition) is 2. The lowest BCUT2D eigenvalue weighted by atomic mass is 9.94. The molecule has 0 unspecified atom stereocenters. The van der Waals surface area contributed by atoms with Gasteiger partial charge in [0.1, 0.15) is 0 Å². The third-order valence-electron chi connectivity index (χ3n) is 4.08. The van der Waals surface area contributed by atoms with Crippen LogP contribution in [0, 0.1) is 6.92 Å². The summed E-state index contributed by atoms with van der Waals surface area (Å²) in [5.41, 5.74) is 8.82. The van der Waals surface area contributed by atoms with Crippen LogP contribution in [0.5, 0.6) is 0 Å². The van der Waals surface area contributed by atoms with Crippen molar-refractivity contribution >= 4 is 28.9 Å². The number of amides is 1. The van der Waals surface area contributed by atoms with Crippen molar-refractivity contribution in [2.45, 2.75) is 25.2 Å². The van der Waals surface area contributed by atoms with Crippen molar-refractivity contribution in [2.75, 3.05) is 11.1 Å². The van der Waals surface area contributed by atoms with Crippen molar-refractivity contribution in [1.29, 1.82) is 0 Å². The number of nitrogens with two attached hydrogens (primary N) is 1. The molecule has 0 saturated heterocycles. The van der Waals surface area contributed by atoms with E-state index in [4.69, 9.17) is 17.3 Å². The molecule has 2 aromatic rings. The lowest BCUT2D eigenvalue weighted by Gasteiger charge is -2.17. The fourth-order valence-corrected chi connectivity index (χ4v) is 2.81. The number of nitrogens with one attached hydrogen (secondary N) is 1. The normalized spacial score (nSPS) is 15.5. The van der Waals surface area contributed by atoms with E-state index in [1.54, 1.807) is 6.07 Å². The van der Waals surface area contributed by atoms with Gasteiger partial charge in [-0.2, -0.15) is 0 Å². The Morgan fingerprint density at radius 3 is 2.43 bits per heavy atom. The van der Waals surface area contributed by atoms with E-state index in [1.807, 2.05) is 43.3 Å². The van der Waals surface area contributed by atoms with Crippen molar-refractivity contribution < 1.29 is 4.79 Å².